The van der Waals surface area contributed by atoms with E-state index in [1.54, 1.807) is 12.4 Å². The highest BCUT2D eigenvalue weighted by atomic mass is 19.4. The third-order valence-corrected chi connectivity index (χ3v) is 1.54. The van der Waals surface area contributed by atoms with Crippen molar-refractivity contribution in [3.63, 3.8) is 0 Å². The molecule has 0 aromatic carbocycles. The maximum absolute atomic E-state index is 10.6. The van der Waals surface area contributed by atoms with Crippen molar-refractivity contribution in [3.8, 4) is 0 Å². The van der Waals surface area contributed by atoms with Crippen LogP contribution in [0.2, 0.25) is 0 Å². The fourth-order valence-corrected chi connectivity index (χ4v) is 0.836. The number of nitrogens with zero attached hydrogens (tertiary/aromatic N) is 3. The van der Waals surface area contributed by atoms with Crippen molar-refractivity contribution >= 4 is 12.2 Å². The molecular weight excluding hydrogens is 227 g/mol. The van der Waals surface area contributed by atoms with E-state index in [2.05, 4.69) is 15.0 Å². The van der Waals surface area contributed by atoms with Crippen LogP contribution in [-0.2, 0) is 11.3 Å². The summed E-state index contributed by atoms with van der Waals surface area (Å²) in [5, 5.41) is 7.12. The van der Waals surface area contributed by atoms with Gasteiger partial charge in [0.1, 0.15) is 6.33 Å². The summed E-state index contributed by atoms with van der Waals surface area (Å²) in [6.07, 6.45) is 0.0303. The minimum absolute atomic E-state index is 0.746. The number of carboxylic acid groups (broad SMARTS) is 1. The van der Waals surface area contributed by atoms with Crippen molar-refractivity contribution in [1.29, 1.82) is 0 Å². The normalized spacial score (nSPS) is 12.7. The number of aromatic nitrogens is 2. The fraction of sp³-hybridized carbons (Fsp3) is 0.250. The van der Waals surface area contributed by atoms with E-state index in [1.807, 2.05) is 0 Å². The van der Waals surface area contributed by atoms with Gasteiger partial charge in [-0.3, -0.25) is 4.99 Å². The van der Waals surface area contributed by atoms with Gasteiger partial charge in [-0.1, -0.05) is 0 Å². The lowest BCUT2D eigenvalue weighted by molar-refractivity contribution is -0.192. The van der Waals surface area contributed by atoms with Crippen LogP contribution in [0.25, 0.3) is 0 Å². The Morgan fingerprint density at radius 1 is 1.44 bits per heavy atom. The van der Waals surface area contributed by atoms with Gasteiger partial charge in [0, 0.05) is 18.0 Å². The number of hydrogen-bond acceptors (Lipinski definition) is 4. The molecule has 1 N–H and O–H groups in total. The van der Waals surface area contributed by atoms with Crippen molar-refractivity contribution in [2.45, 2.75) is 12.7 Å². The highest BCUT2D eigenvalue weighted by molar-refractivity contribution is 5.81. The van der Waals surface area contributed by atoms with E-state index in [0.29, 0.717) is 0 Å². The first-order chi connectivity index (χ1) is 7.41. The molecule has 5 nitrogen and oxygen atoms in total. The Morgan fingerprint density at radius 2 is 2.06 bits per heavy atom. The van der Waals surface area contributed by atoms with Gasteiger partial charge in [-0.25, -0.2) is 14.8 Å². The highest BCUT2D eigenvalue weighted by Crippen LogP contribution is 2.13. The van der Waals surface area contributed by atoms with E-state index < -0.39 is 12.1 Å². The van der Waals surface area contributed by atoms with Gasteiger partial charge < -0.3 is 5.11 Å². The molecule has 2 heterocycles. The molecule has 0 aliphatic carbocycles. The Balaban J connectivity index is 0.000000168. The minimum Gasteiger partial charge on any atom is -0.475 e. The molecule has 0 atom stereocenters. The summed E-state index contributed by atoms with van der Waals surface area (Å²) in [5.41, 5.74) is 2.09. The second kappa shape index (κ2) is 4.69. The number of hydrogen-bond donors (Lipinski definition) is 1. The van der Waals surface area contributed by atoms with Gasteiger partial charge in [0.05, 0.1) is 12.2 Å². The quantitative estimate of drug-likeness (QED) is 0.726. The summed E-state index contributed by atoms with van der Waals surface area (Å²) >= 11 is 0. The predicted octanol–water partition coefficient (Wildman–Crippen LogP) is 1.04. The molecule has 0 fully saturated rings. The molecule has 0 saturated carbocycles. The van der Waals surface area contributed by atoms with Gasteiger partial charge in [-0.05, 0) is 0 Å². The molecule has 0 unspecified atom stereocenters. The third kappa shape index (κ3) is 3.30. The lowest BCUT2D eigenvalue weighted by Gasteiger charge is -1.93. The largest absolute Gasteiger partial charge is 0.490 e. The Kier molecular flexibility index (Phi) is 3.54. The van der Waals surface area contributed by atoms with Crippen LogP contribution in [0.15, 0.2) is 17.5 Å². The van der Waals surface area contributed by atoms with E-state index in [9.17, 15) is 13.2 Å². The lowest BCUT2D eigenvalue weighted by atomic mass is 10.3. The maximum atomic E-state index is 10.6. The lowest BCUT2D eigenvalue weighted by Crippen LogP contribution is -2.21. The predicted molar refractivity (Wildman–Crippen MR) is 47.0 cm³/mol. The molecule has 16 heavy (non-hydrogen) atoms. The summed E-state index contributed by atoms with van der Waals surface area (Å²) in [6, 6.07) is 0. The minimum atomic E-state index is -5.08. The Labute approximate surface area is 87.7 Å². The number of halogens is 3. The monoisotopic (exact) mass is 233 g/mol. The topological polar surface area (TPSA) is 75.4 Å². The van der Waals surface area contributed by atoms with Gasteiger partial charge in [0.2, 0.25) is 0 Å². The molecule has 1 aromatic heterocycles. The molecular formula is C8H6F3N3O2. The van der Waals surface area contributed by atoms with Crippen molar-refractivity contribution < 1.29 is 23.1 Å². The van der Waals surface area contributed by atoms with E-state index in [-0.39, 0.29) is 0 Å². The first-order valence-corrected chi connectivity index (χ1v) is 4.00. The number of alkyl halides is 3. The number of carboxylic acids is 1. The molecule has 8 heteroatoms. The van der Waals surface area contributed by atoms with Crippen LogP contribution in [0.3, 0.4) is 0 Å². The van der Waals surface area contributed by atoms with Gasteiger partial charge in [-0.2, -0.15) is 13.2 Å². The summed E-state index contributed by atoms with van der Waals surface area (Å²) < 4.78 is 31.7. The summed E-state index contributed by atoms with van der Waals surface area (Å²) in [6.45, 7) is 0.746. The van der Waals surface area contributed by atoms with Crippen LogP contribution in [-0.4, -0.2) is 33.4 Å². The second-order valence-corrected chi connectivity index (χ2v) is 2.71. The van der Waals surface area contributed by atoms with Crippen LogP contribution in [0.4, 0.5) is 13.2 Å². The number of carbonyl (C=O) groups is 1. The Bertz CT molecular complexity index is 417. The average molecular weight is 233 g/mol. The van der Waals surface area contributed by atoms with Crippen LogP contribution >= 0.6 is 0 Å². The highest BCUT2D eigenvalue weighted by Gasteiger charge is 2.38. The first kappa shape index (κ1) is 12.1. The van der Waals surface area contributed by atoms with Crippen molar-refractivity contribution in [3.05, 3.63) is 23.8 Å². The van der Waals surface area contributed by atoms with Crippen molar-refractivity contribution in [2.75, 3.05) is 0 Å². The molecule has 1 aromatic rings. The molecule has 0 spiro atoms. The molecule has 0 amide bonds. The molecule has 0 bridgehead atoms. The number of rotatable bonds is 0. The Hall–Kier alpha value is -1.99. The smallest absolute Gasteiger partial charge is 0.475 e. The summed E-state index contributed by atoms with van der Waals surface area (Å²) in [4.78, 5) is 20.8. The number of aliphatic carboxylic acids is 1. The zero-order valence-electron chi connectivity index (χ0n) is 7.77. The molecule has 0 saturated heterocycles. The van der Waals surface area contributed by atoms with Crippen molar-refractivity contribution in [2.24, 2.45) is 4.99 Å². The fourth-order valence-electron chi connectivity index (χ4n) is 0.836. The molecule has 0 radical (unpaired) electrons. The van der Waals surface area contributed by atoms with Crippen LogP contribution in [0.1, 0.15) is 11.3 Å². The van der Waals surface area contributed by atoms with Gasteiger partial charge >= 0.3 is 12.1 Å². The third-order valence-electron chi connectivity index (χ3n) is 1.54. The van der Waals surface area contributed by atoms with Crippen molar-refractivity contribution in [1.82, 2.24) is 9.97 Å². The SMILES string of the molecule is C1=NCc2cncnc21.O=C(O)C(F)(F)F. The first-order valence-electron chi connectivity index (χ1n) is 4.00. The van der Waals surface area contributed by atoms with E-state index >= 15 is 0 Å². The van der Waals surface area contributed by atoms with Gasteiger partial charge in [0.25, 0.3) is 0 Å². The summed E-state index contributed by atoms with van der Waals surface area (Å²) in [5.74, 6) is -2.76. The maximum Gasteiger partial charge on any atom is 0.490 e. The van der Waals surface area contributed by atoms with E-state index in [0.717, 1.165) is 17.8 Å². The van der Waals surface area contributed by atoms with Gasteiger partial charge in [0.15, 0.2) is 0 Å². The average Bonchev–Trinajstić information content (AvgIpc) is 2.64. The van der Waals surface area contributed by atoms with Crippen LogP contribution in [0, 0.1) is 0 Å². The van der Waals surface area contributed by atoms with E-state index in [4.69, 9.17) is 9.90 Å². The zero-order chi connectivity index (χ0) is 12.2. The molecule has 1 aliphatic heterocycles. The van der Waals surface area contributed by atoms with E-state index in [1.165, 1.54) is 6.33 Å². The standard InChI is InChI=1S/C6H5N3.C2HF3O2/c1-5-2-8-4-9-6(5)3-7-1;3-2(4,5)1(6)7/h2-4H,1H2;(H,6,7). The van der Waals surface area contributed by atoms with Crippen LogP contribution in [0.5, 0.6) is 0 Å². The molecule has 1 aliphatic rings. The molecule has 86 valence electrons. The van der Waals surface area contributed by atoms with Crippen LogP contribution < -0.4 is 0 Å². The van der Waals surface area contributed by atoms with Gasteiger partial charge in [-0.15, -0.1) is 0 Å². The molecule has 2 rings (SSSR count). The second-order valence-electron chi connectivity index (χ2n) is 2.71. The number of aliphatic imine (C=N–C) groups is 1. The number of fused-ring (bicyclic) bond motifs is 1. The Morgan fingerprint density at radius 3 is 2.56 bits per heavy atom. The zero-order valence-corrected chi connectivity index (χ0v) is 7.77. The summed E-state index contributed by atoms with van der Waals surface area (Å²) in [7, 11) is 0.